The molecule has 0 saturated heterocycles. The van der Waals surface area contributed by atoms with Crippen molar-refractivity contribution < 1.29 is 24.2 Å². The first kappa shape index (κ1) is 19.4. The summed E-state index contributed by atoms with van der Waals surface area (Å²) in [5.41, 5.74) is 2.32. The van der Waals surface area contributed by atoms with Crippen molar-refractivity contribution in [2.45, 2.75) is 25.3 Å². The Kier molecular flexibility index (Phi) is 6.26. The lowest BCUT2D eigenvalue weighted by molar-refractivity contribution is -0.142. The van der Waals surface area contributed by atoms with Gasteiger partial charge in [-0.15, -0.1) is 0 Å². The maximum absolute atomic E-state index is 12.2. The molecule has 0 spiro atoms. The van der Waals surface area contributed by atoms with Gasteiger partial charge in [0.1, 0.15) is 5.75 Å². The van der Waals surface area contributed by atoms with Crippen LogP contribution in [0, 0.1) is 0 Å². The first-order valence-corrected chi connectivity index (χ1v) is 9.11. The van der Waals surface area contributed by atoms with Crippen molar-refractivity contribution in [3.63, 3.8) is 0 Å². The van der Waals surface area contributed by atoms with Gasteiger partial charge in [0.15, 0.2) is 6.04 Å². The molecule has 0 radical (unpaired) electrons. The van der Waals surface area contributed by atoms with Crippen LogP contribution in [0.25, 0.3) is 0 Å². The summed E-state index contributed by atoms with van der Waals surface area (Å²) in [7, 11) is 0. The van der Waals surface area contributed by atoms with Gasteiger partial charge in [0.2, 0.25) is 11.8 Å². The number of fused-ring (bicyclic) bond motifs is 1. The summed E-state index contributed by atoms with van der Waals surface area (Å²) in [5.74, 6) is -1.02. The highest BCUT2D eigenvalue weighted by Crippen LogP contribution is 2.28. The zero-order valence-electron chi connectivity index (χ0n) is 15.3. The Morgan fingerprint density at radius 2 is 1.86 bits per heavy atom. The highest BCUT2D eigenvalue weighted by atomic mass is 16.5. The van der Waals surface area contributed by atoms with E-state index in [1.165, 1.54) is 0 Å². The third kappa shape index (κ3) is 5.09. The van der Waals surface area contributed by atoms with Gasteiger partial charge in [-0.05, 0) is 28.8 Å². The molecule has 28 heavy (non-hydrogen) atoms. The zero-order chi connectivity index (χ0) is 19.9. The van der Waals surface area contributed by atoms with Gasteiger partial charge in [0, 0.05) is 19.4 Å². The van der Waals surface area contributed by atoms with Crippen LogP contribution in [0.2, 0.25) is 0 Å². The van der Waals surface area contributed by atoms with E-state index >= 15 is 0 Å². The second kappa shape index (κ2) is 9.03. The molecule has 0 aliphatic carbocycles. The average Bonchev–Trinajstić information content (AvgIpc) is 3.14. The van der Waals surface area contributed by atoms with Crippen molar-refractivity contribution in [1.82, 2.24) is 10.6 Å². The van der Waals surface area contributed by atoms with Crippen LogP contribution in [0.3, 0.4) is 0 Å². The van der Waals surface area contributed by atoms with Crippen molar-refractivity contribution in [3.05, 3.63) is 65.2 Å². The molecule has 2 aromatic rings. The summed E-state index contributed by atoms with van der Waals surface area (Å²) in [4.78, 5) is 35.7. The molecule has 1 heterocycles. The molecule has 2 amide bonds. The summed E-state index contributed by atoms with van der Waals surface area (Å²) in [6.07, 6.45) is 0.951. The first-order chi connectivity index (χ1) is 13.5. The Bertz CT molecular complexity index is 866. The molecular formula is C21H22N2O5. The van der Waals surface area contributed by atoms with Gasteiger partial charge in [-0.2, -0.15) is 0 Å². The van der Waals surface area contributed by atoms with Gasteiger partial charge in [-0.3, -0.25) is 9.59 Å². The van der Waals surface area contributed by atoms with Crippen molar-refractivity contribution in [2.75, 3.05) is 13.2 Å². The summed E-state index contributed by atoms with van der Waals surface area (Å²) in [5, 5.41) is 14.7. The number of carboxylic acid groups (broad SMARTS) is 1. The van der Waals surface area contributed by atoms with E-state index in [2.05, 4.69) is 10.6 Å². The molecule has 0 fully saturated rings. The topological polar surface area (TPSA) is 105 Å². The maximum Gasteiger partial charge on any atom is 0.330 e. The molecule has 3 rings (SSSR count). The van der Waals surface area contributed by atoms with E-state index < -0.39 is 17.9 Å². The number of carboxylic acids is 1. The van der Waals surface area contributed by atoms with Crippen LogP contribution in [0.5, 0.6) is 5.75 Å². The van der Waals surface area contributed by atoms with Gasteiger partial charge < -0.3 is 20.5 Å². The molecule has 7 nitrogen and oxygen atoms in total. The SMILES string of the molecule is O=C(Cc1ccccc1)NCCC(=O)NC(C(=O)O)c1ccc2c(c1)CCO2. The van der Waals surface area contributed by atoms with E-state index in [9.17, 15) is 19.5 Å². The summed E-state index contributed by atoms with van der Waals surface area (Å²) in [6, 6.07) is 13.3. The Hall–Kier alpha value is -3.35. The van der Waals surface area contributed by atoms with Crippen LogP contribution >= 0.6 is 0 Å². The Morgan fingerprint density at radius 1 is 1.07 bits per heavy atom. The number of carbonyl (C=O) groups is 3. The predicted molar refractivity (Wildman–Crippen MR) is 102 cm³/mol. The van der Waals surface area contributed by atoms with E-state index in [0.717, 1.165) is 23.3 Å². The third-order valence-electron chi connectivity index (χ3n) is 4.48. The molecule has 0 saturated carbocycles. The van der Waals surface area contributed by atoms with Crippen molar-refractivity contribution in [3.8, 4) is 5.75 Å². The number of ether oxygens (including phenoxy) is 1. The number of hydrogen-bond donors (Lipinski definition) is 3. The molecular weight excluding hydrogens is 360 g/mol. The summed E-state index contributed by atoms with van der Waals surface area (Å²) < 4.78 is 5.42. The van der Waals surface area contributed by atoms with E-state index in [1.807, 2.05) is 30.3 Å². The number of aliphatic carboxylic acids is 1. The second-order valence-corrected chi connectivity index (χ2v) is 6.57. The fourth-order valence-corrected chi connectivity index (χ4v) is 3.07. The van der Waals surface area contributed by atoms with Crippen LogP contribution < -0.4 is 15.4 Å². The number of carbonyl (C=O) groups excluding carboxylic acids is 2. The lowest BCUT2D eigenvalue weighted by Gasteiger charge is -2.16. The van der Waals surface area contributed by atoms with Crippen LogP contribution in [0.1, 0.15) is 29.2 Å². The van der Waals surface area contributed by atoms with Gasteiger partial charge in [0.25, 0.3) is 0 Å². The van der Waals surface area contributed by atoms with E-state index in [4.69, 9.17) is 4.74 Å². The van der Waals surface area contributed by atoms with Crippen LogP contribution in [-0.4, -0.2) is 36.0 Å². The van der Waals surface area contributed by atoms with Gasteiger partial charge in [-0.1, -0.05) is 36.4 Å². The largest absolute Gasteiger partial charge is 0.493 e. The zero-order valence-corrected chi connectivity index (χ0v) is 15.3. The standard InChI is InChI=1S/C21H22N2O5/c24-18(8-10-22-19(25)12-14-4-2-1-3-5-14)23-20(21(26)27)16-6-7-17-15(13-16)9-11-28-17/h1-7,13,20H,8-12H2,(H,22,25)(H,23,24)(H,26,27). The first-order valence-electron chi connectivity index (χ1n) is 9.11. The lowest BCUT2D eigenvalue weighted by Crippen LogP contribution is -2.36. The van der Waals surface area contributed by atoms with Crippen LogP contribution in [0.15, 0.2) is 48.5 Å². The van der Waals surface area contributed by atoms with Crippen LogP contribution in [-0.2, 0) is 27.2 Å². The minimum Gasteiger partial charge on any atom is -0.493 e. The maximum atomic E-state index is 12.2. The predicted octanol–water partition coefficient (Wildman–Crippen LogP) is 1.61. The van der Waals surface area contributed by atoms with E-state index in [0.29, 0.717) is 12.2 Å². The second-order valence-electron chi connectivity index (χ2n) is 6.57. The van der Waals surface area contributed by atoms with Crippen molar-refractivity contribution in [1.29, 1.82) is 0 Å². The molecule has 146 valence electrons. The van der Waals surface area contributed by atoms with Gasteiger partial charge in [-0.25, -0.2) is 4.79 Å². The lowest BCUT2D eigenvalue weighted by atomic mass is 10.0. The van der Waals surface area contributed by atoms with Crippen LogP contribution in [0.4, 0.5) is 0 Å². The quantitative estimate of drug-likeness (QED) is 0.643. The number of amides is 2. The number of nitrogens with one attached hydrogen (secondary N) is 2. The summed E-state index contributed by atoms with van der Waals surface area (Å²) >= 11 is 0. The minimum absolute atomic E-state index is 0.00163. The monoisotopic (exact) mass is 382 g/mol. The fourth-order valence-electron chi connectivity index (χ4n) is 3.07. The van der Waals surface area contributed by atoms with Gasteiger partial charge in [0.05, 0.1) is 13.0 Å². The Labute approximate surface area is 162 Å². The van der Waals surface area contributed by atoms with Gasteiger partial charge >= 0.3 is 5.97 Å². The average molecular weight is 382 g/mol. The molecule has 2 aromatic carbocycles. The fraction of sp³-hybridized carbons (Fsp3) is 0.286. The summed E-state index contributed by atoms with van der Waals surface area (Å²) in [6.45, 7) is 0.716. The molecule has 1 unspecified atom stereocenters. The molecule has 1 aliphatic rings. The normalized spacial score (nSPS) is 13.1. The van der Waals surface area contributed by atoms with Crippen molar-refractivity contribution in [2.24, 2.45) is 0 Å². The minimum atomic E-state index is -1.14. The van der Waals surface area contributed by atoms with E-state index in [1.54, 1.807) is 18.2 Å². The van der Waals surface area contributed by atoms with Crippen molar-refractivity contribution >= 4 is 17.8 Å². The number of rotatable bonds is 8. The van der Waals surface area contributed by atoms with E-state index in [-0.39, 0.29) is 25.3 Å². The molecule has 0 aromatic heterocycles. The highest BCUT2D eigenvalue weighted by Gasteiger charge is 2.24. The number of benzene rings is 2. The Balaban J connectivity index is 1.49. The number of hydrogen-bond acceptors (Lipinski definition) is 4. The third-order valence-corrected chi connectivity index (χ3v) is 4.48. The Morgan fingerprint density at radius 3 is 2.61 bits per heavy atom. The molecule has 1 atom stereocenters. The molecule has 0 bridgehead atoms. The highest BCUT2D eigenvalue weighted by molar-refractivity contribution is 5.85. The molecule has 7 heteroatoms. The molecule has 3 N–H and O–H groups in total. The smallest absolute Gasteiger partial charge is 0.330 e. The molecule has 1 aliphatic heterocycles.